The van der Waals surface area contributed by atoms with Gasteiger partial charge in [0.05, 0.1) is 13.2 Å². The molecule has 0 aromatic heterocycles. The van der Waals surface area contributed by atoms with Crippen LogP contribution in [-0.2, 0) is 42.9 Å². The Morgan fingerprint density at radius 1 is 0.233 bits per heavy atom. The molecule has 0 aromatic carbocycles. The zero-order valence-corrected chi connectivity index (χ0v) is 49.0. The summed E-state index contributed by atoms with van der Waals surface area (Å²) >= 11 is 0. The van der Waals surface area contributed by atoms with Crippen LogP contribution in [0.5, 0.6) is 0 Å². The van der Waals surface area contributed by atoms with Crippen molar-refractivity contribution in [2.75, 3.05) is 26.4 Å². The first-order valence-electron chi connectivity index (χ1n) is 32.1. The lowest BCUT2D eigenvalue weighted by molar-refractivity contribution is -0.169. The molecule has 0 aliphatic rings. The summed E-state index contributed by atoms with van der Waals surface area (Å²) in [6.45, 7) is 8.61. The van der Waals surface area contributed by atoms with Crippen molar-refractivity contribution < 1.29 is 42.9 Å². The number of carbonyl (C=O) groups excluding carboxylic acids is 4. The summed E-state index contributed by atoms with van der Waals surface area (Å²) in [4.78, 5) is 51.4. The second kappa shape index (κ2) is 59.1. The second-order valence-corrected chi connectivity index (χ2v) is 22.0. The third-order valence-electron chi connectivity index (χ3n) is 14.5. The zero-order valence-electron chi connectivity index (χ0n) is 49.0. The largest absolute Gasteiger partial charge is 0.462 e. The molecule has 0 fully saturated rings. The van der Waals surface area contributed by atoms with Crippen LogP contribution in [0, 0.1) is 0 Å². The van der Waals surface area contributed by atoms with Crippen LogP contribution in [0.3, 0.4) is 0 Å². The van der Waals surface area contributed by atoms with Crippen LogP contribution >= 0.6 is 0 Å². The van der Waals surface area contributed by atoms with Crippen LogP contribution < -0.4 is 0 Å². The molecule has 0 heterocycles. The molecule has 2 atom stereocenters. The highest BCUT2D eigenvalue weighted by molar-refractivity contribution is 5.71. The van der Waals surface area contributed by atoms with Gasteiger partial charge in [-0.2, -0.15) is 0 Å². The number of esters is 4. The predicted molar refractivity (Wildman–Crippen MR) is 306 cm³/mol. The Hall–Kier alpha value is -2.16. The van der Waals surface area contributed by atoms with E-state index in [2.05, 4.69) is 27.7 Å². The van der Waals surface area contributed by atoms with Crippen molar-refractivity contribution in [2.45, 2.75) is 361 Å². The monoisotopic (exact) mass is 1030 g/mol. The molecule has 2 unspecified atom stereocenters. The van der Waals surface area contributed by atoms with E-state index in [-0.39, 0.29) is 50.3 Å². The number of unbranched alkanes of at least 4 members (excludes halogenated alkanes) is 42. The third kappa shape index (κ3) is 55.9. The third-order valence-corrected chi connectivity index (χ3v) is 14.5. The highest BCUT2D eigenvalue weighted by Crippen LogP contribution is 2.18. The zero-order chi connectivity index (χ0) is 53.2. The number of carbonyl (C=O) groups is 4. The van der Waals surface area contributed by atoms with Crippen LogP contribution in [0.1, 0.15) is 349 Å². The lowest BCUT2D eigenvalue weighted by atomic mass is 10.0. The van der Waals surface area contributed by atoms with Gasteiger partial charge in [-0.3, -0.25) is 19.2 Å². The number of hydrogen-bond donors (Lipinski definition) is 0. The van der Waals surface area contributed by atoms with Gasteiger partial charge in [-0.15, -0.1) is 0 Å². The minimum absolute atomic E-state index is 0.0344. The molecule has 0 spiro atoms. The van der Waals surface area contributed by atoms with E-state index < -0.39 is 12.2 Å². The molecule has 432 valence electrons. The lowest BCUT2D eigenvalue weighted by Gasteiger charge is -2.21. The minimum Gasteiger partial charge on any atom is -0.462 e. The van der Waals surface area contributed by atoms with Crippen molar-refractivity contribution in [2.24, 2.45) is 0 Å². The molecular weight excluding hydrogens is 913 g/mol. The van der Waals surface area contributed by atoms with Gasteiger partial charge in [0, 0.05) is 25.7 Å². The second-order valence-electron chi connectivity index (χ2n) is 22.0. The van der Waals surface area contributed by atoms with E-state index in [0.717, 1.165) is 103 Å². The molecule has 0 bridgehead atoms. The molecule has 0 aliphatic carbocycles. The van der Waals surface area contributed by atoms with E-state index in [1.165, 1.54) is 193 Å². The molecule has 73 heavy (non-hydrogen) atoms. The van der Waals surface area contributed by atoms with Crippen molar-refractivity contribution >= 4 is 23.9 Å². The summed E-state index contributed by atoms with van der Waals surface area (Å²) in [7, 11) is 0. The van der Waals surface area contributed by atoms with E-state index in [4.69, 9.17) is 23.7 Å². The van der Waals surface area contributed by atoms with Gasteiger partial charge in [0.2, 0.25) is 0 Å². The van der Waals surface area contributed by atoms with Crippen LogP contribution in [-0.4, -0.2) is 62.5 Å². The van der Waals surface area contributed by atoms with E-state index in [1.54, 1.807) is 0 Å². The summed E-state index contributed by atoms with van der Waals surface area (Å²) in [5.41, 5.74) is 0. The fraction of sp³-hybridized carbons (Fsp3) is 0.938. The standard InChI is InChI=1S/C64H122O9/c1-5-9-13-17-19-21-23-25-27-29-30-32-34-36-38-40-42-46-50-54-64(68)73-60(58-71-62(66)52-48-44-16-12-8-4)56-69-55-59(57-70-61(65)51-47-43-15-11-7-3)72-63(67)53-49-45-41-39-37-35-33-31-28-26-24-22-20-18-14-10-6-2/h59-60H,5-58H2,1-4H3. The summed E-state index contributed by atoms with van der Waals surface area (Å²) < 4.78 is 28.9. The van der Waals surface area contributed by atoms with Gasteiger partial charge in [-0.25, -0.2) is 0 Å². The Balaban J connectivity index is 4.82. The molecule has 0 aromatic rings. The molecule has 0 rings (SSSR count). The first kappa shape index (κ1) is 70.8. The predicted octanol–water partition coefficient (Wildman–Crippen LogP) is 19.5. The first-order chi connectivity index (χ1) is 35.9. The van der Waals surface area contributed by atoms with Crippen LogP contribution in [0.4, 0.5) is 0 Å². The average molecular weight is 1040 g/mol. The van der Waals surface area contributed by atoms with Gasteiger partial charge < -0.3 is 23.7 Å². The van der Waals surface area contributed by atoms with Gasteiger partial charge in [0.1, 0.15) is 13.2 Å². The molecule has 9 nitrogen and oxygen atoms in total. The number of ether oxygens (including phenoxy) is 5. The molecule has 9 heteroatoms. The highest BCUT2D eigenvalue weighted by atomic mass is 16.6. The van der Waals surface area contributed by atoms with E-state index in [1.807, 2.05) is 0 Å². The average Bonchev–Trinajstić information content (AvgIpc) is 3.38. The Morgan fingerprint density at radius 2 is 0.411 bits per heavy atom. The van der Waals surface area contributed by atoms with Crippen molar-refractivity contribution in [3.8, 4) is 0 Å². The molecule has 0 amide bonds. The van der Waals surface area contributed by atoms with Gasteiger partial charge in [-0.1, -0.05) is 297 Å². The van der Waals surface area contributed by atoms with E-state index >= 15 is 0 Å². The topological polar surface area (TPSA) is 114 Å². The normalized spacial score (nSPS) is 12.2. The Labute approximate surface area is 452 Å². The fourth-order valence-electron chi connectivity index (χ4n) is 9.66. The lowest BCUT2D eigenvalue weighted by Crippen LogP contribution is -2.34. The van der Waals surface area contributed by atoms with E-state index in [0.29, 0.717) is 25.7 Å². The summed E-state index contributed by atoms with van der Waals surface area (Å²) in [5.74, 6) is -1.29. The van der Waals surface area contributed by atoms with Gasteiger partial charge in [-0.05, 0) is 25.7 Å². The minimum atomic E-state index is -0.797. The maximum absolute atomic E-state index is 13.1. The van der Waals surface area contributed by atoms with Gasteiger partial charge in [0.25, 0.3) is 0 Å². The smallest absolute Gasteiger partial charge is 0.306 e. The maximum Gasteiger partial charge on any atom is 0.306 e. The quantitative estimate of drug-likeness (QED) is 0.0334. The number of rotatable bonds is 60. The van der Waals surface area contributed by atoms with Crippen molar-refractivity contribution in [3.05, 3.63) is 0 Å². The summed E-state index contributed by atoms with van der Waals surface area (Å²) in [6.07, 6.45) is 56.2. The van der Waals surface area contributed by atoms with Crippen molar-refractivity contribution in [3.63, 3.8) is 0 Å². The van der Waals surface area contributed by atoms with Crippen LogP contribution in [0.2, 0.25) is 0 Å². The van der Waals surface area contributed by atoms with Gasteiger partial charge >= 0.3 is 23.9 Å². The van der Waals surface area contributed by atoms with Crippen molar-refractivity contribution in [1.82, 2.24) is 0 Å². The van der Waals surface area contributed by atoms with E-state index in [9.17, 15) is 19.2 Å². The first-order valence-corrected chi connectivity index (χ1v) is 32.1. The number of hydrogen-bond acceptors (Lipinski definition) is 9. The highest BCUT2D eigenvalue weighted by Gasteiger charge is 2.22. The fourth-order valence-corrected chi connectivity index (χ4v) is 9.66. The molecule has 0 aliphatic heterocycles. The van der Waals surface area contributed by atoms with Crippen molar-refractivity contribution in [1.29, 1.82) is 0 Å². The molecular formula is C64H122O9. The van der Waals surface area contributed by atoms with Crippen LogP contribution in [0.15, 0.2) is 0 Å². The Morgan fingerprint density at radius 3 is 0.616 bits per heavy atom. The Kier molecular flexibility index (Phi) is 57.3. The molecule has 0 N–H and O–H groups in total. The molecule has 0 saturated heterocycles. The maximum atomic E-state index is 13.1. The summed E-state index contributed by atoms with van der Waals surface area (Å²) in [6, 6.07) is 0. The Bertz CT molecular complexity index is 1180. The van der Waals surface area contributed by atoms with Gasteiger partial charge in [0.15, 0.2) is 12.2 Å². The van der Waals surface area contributed by atoms with Crippen LogP contribution in [0.25, 0.3) is 0 Å². The summed E-state index contributed by atoms with van der Waals surface area (Å²) in [5, 5.41) is 0. The SMILES string of the molecule is CCCCCCCCCCCCCCCCCCCCCC(=O)OC(COCC(COC(=O)CCCCCCC)OC(=O)CCCCCCCCCCCCCCCCCCC)COC(=O)CCCCCCC. The molecule has 0 radical (unpaired) electrons. The molecule has 0 saturated carbocycles.